The van der Waals surface area contributed by atoms with Crippen molar-refractivity contribution >= 4 is 28.7 Å². The van der Waals surface area contributed by atoms with Crippen molar-refractivity contribution in [3.8, 4) is 28.8 Å². The summed E-state index contributed by atoms with van der Waals surface area (Å²) in [7, 11) is 2.62. The molecule has 2 aromatic carbocycles. The van der Waals surface area contributed by atoms with Crippen molar-refractivity contribution in [2.45, 2.75) is 33.1 Å². The van der Waals surface area contributed by atoms with Gasteiger partial charge in [0.2, 0.25) is 5.88 Å². The highest BCUT2D eigenvalue weighted by Crippen LogP contribution is 2.37. The molecule has 0 aliphatic heterocycles. The maximum Gasteiger partial charge on any atom is 0.332 e. The molecule has 3 N–H and O–H groups in total. The average Bonchev–Trinajstić information content (AvgIpc) is 3.27. The number of imidazole rings is 1. The number of aliphatic hydroxyl groups excluding tert-OH is 1. The molecule has 218 valence electrons. The molecule has 12 nitrogen and oxygen atoms in total. The fourth-order valence-corrected chi connectivity index (χ4v) is 4.16. The molecule has 2 heterocycles. The number of ether oxygens (including phenoxy) is 4. The van der Waals surface area contributed by atoms with Gasteiger partial charge in [0.05, 0.1) is 30.5 Å². The number of hydrogen-bond donors (Lipinski definition) is 3. The van der Waals surface area contributed by atoms with E-state index in [1.807, 2.05) is 0 Å². The lowest BCUT2D eigenvalue weighted by molar-refractivity contribution is -0.123. The van der Waals surface area contributed by atoms with E-state index < -0.39 is 43.1 Å². The summed E-state index contributed by atoms with van der Waals surface area (Å²) in [5.41, 5.74) is -0.694. The van der Waals surface area contributed by atoms with Crippen LogP contribution in [0.2, 0.25) is 5.02 Å². The van der Waals surface area contributed by atoms with Gasteiger partial charge in [-0.2, -0.15) is 4.98 Å². The summed E-state index contributed by atoms with van der Waals surface area (Å²) in [4.78, 5) is 36.1. The number of carbonyl (C=O) groups is 1. The van der Waals surface area contributed by atoms with Crippen molar-refractivity contribution in [2.75, 3.05) is 20.8 Å². The van der Waals surface area contributed by atoms with E-state index >= 15 is 0 Å². The van der Waals surface area contributed by atoms with Gasteiger partial charge in [-0.05, 0) is 26.0 Å². The lowest BCUT2D eigenvalue weighted by atomic mass is 10.2. The van der Waals surface area contributed by atoms with Crippen molar-refractivity contribution in [1.82, 2.24) is 24.8 Å². The molecule has 0 aliphatic carbocycles. The summed E-state index contributed by atoms with van der Waals surface area (Å²) < 4.78 is 51.5. The Bertz CT molecular complexity index is 1660. The molecule has 0 unspecified atom stereocenters. The molecule has 0 fully saturated rings. The summed E-state index contributed by atoms with van der Waals surface area (Å²) in [6.45, 7) is 2.08. The minimum Gasteiger partial charge on any atom is -0.496 e. The van der Waals surface area contributed by atoms with Crippen molar-refractivity contribution in [3.05, 3.63) is 62.8 Å². The zero-order valence-electron chi connectivity index (χ0n) is 22.4. The van der Waals surface area contributed by atoms with E-state index in [0.717, 1.165) is 10.6 Å². The fourth-order valence-electron chi connectivity index (χ4n) is 3.92. The number of benzene rings is 2. The Morgan fingerprint density at radius 1 is 1.12 bits per heavy atom. The number of carbonyl (C=O) groups excluding carboxylic acids is 1. The Kier molecular flexibility index (Phi) is 8.93. The number of aromatic amines is 1. The van der Waals surface area contributed by atoms with Gasteiger partial charge in [0.1, 0.15) is 24.5 Å². The van der Waals surface area contributed by atoms with Crippen LogP contribution in [0.1, 0.15) is 25.2 Å². The van der Waals surface area contributed by atoms with Crippen LogP contribution < -0.4 is 30.0 Å². The van der Waals surface area contributed by atoms with Crippen LogP contribution in [0.15, 0.2) is 29.1 Å². The number of hydrogen-bond acceptors (Lipinski definition) is 9. The summed E-state index contributed by atoms with van der Waals surface area (Å²) in [5, 5.41) is 12.3. The third-order valence-electron chi connectivity index (χ3n) is 5.69. The van der Waals surface area contributed by atoms with Crippen LogP contribution in [-0.2, 0) is 18.0 Å². The zero-order valence-corrected chi connectivity index (χ0v) is 23.1. The molecule has 0 atom stereocenters. The number of H-pyrrole nitrogens is 1. The molecule has 0 spiro atoms. The van der Waals surface area contributed by atoms with Crippen LogP contribution in [0.5, 0.6) is 23.1 Å². The molecule has 15 heteroatoms. The number of aromatic nitrogens is 4. The van der Waals surface area contributed by atoms with Crippen molar-refractivity contribution in [1.29, 1.82) is 0 Å². The van der Waals surface area contributed by atoms with Crippen LogP contribution in [0.25, 0.3) is 16.9 Å². The highest BCUT2D eigenvalue weighted by molar-refractivity contribution is 6.32. The smallest absolute Gasteiger partial charge is 0.332 e. The summed E-state index contributed by atoms with van der Waals surface area (Å²) in [6, 6.07) is 4.62. The summed E-state index contributed by atoms with van der Waals surface area (Å²) in [5.74, 6) is -2.80. The molecule has 0 saturated heterocycles. The van der Waals surface area contributed by atoms with Gasteiger partial charge in [0.15, 0.2) is 41.2 Å². The minimum absolute atomic E-state index is 0.00675. The molecular weight excluding hydrogens is 568 g/mol. The van der Waals surface area contributed by atoms with Gasteiger partial charge < -0.3 is 29.4 Å². The number of rotatable bonds is 11. The predicted molar refractivity (Wildman–Crippen MR) is 143 cm³/mol. The molecule has 4 rings (SSSR count). The van der Waals surface area contributed by atoms with Crippen molar-refractivity contribution in [2.24, 2.45) is 0 Å². The molecule has 0 aliphatic rings. The lowest BCUT2D eigenvalue weighted by Crippen LogP contribution is -2.34. The Labute approximate surface area is 236 Å². The van der Waals surface area contributed by atoms with Gasteiger partial charge in [-0.15, -0.1) is 0 Å². The summed E-state index contributed by atoms with van der Waals surface area (Å²) in [6.07, 6.45) is 0. The van der Waals surface area contributed by atoms with E-state index in [4.69, 9.17) is 30.5 Å². The lowest BCUT2D eigenvalue weighted by Gasteiger charge is -2.17. The number of methoxy groups -OCH3 is 2. The SMILES string of the molecule is COc1ccc(F)c(F)c1COc1cc(-n2c(=O)[nH]c3c(OC)nc(CO)nc32)c(Cl)cc1OCC(=O)NC(C)C. The highest BCUT2D eigenvalue weighted by atomic mass is 35.5. The number of aliphatic hydroxyl groups is 1. The van der Waals surface area contributed by atoms with Crippen LogP contribution in [0.4, 0.5) is 8.78 Å². The standard InChI is InChI=1S/C26H26ClF2N5O7/c1-12(2)30-21(36)11-41-18-7-14(27)16(8-19(18)40-10-13-17(38-3)6-5-15(28)22(13)29)34-24-23(33-26(34)37)25(39-4)32-20(9-35)31-24/h5-8,12,35H,9-11H2,1-4H3,(H,30,36)(H,33,37). The first-order valence-electron chi connectivity index (χ1n) is 12.1. The van der Waals surface area contributed by atoms with Gasteiger partial charge in [-0.1, -0.05) is 11.6 Å². The van der Waals surface area contributed by atoms with E-state index in [2.05, 4.69) is 20.3 Å². The van der Waals surface area contributed by atoms with Crippen LogP contribution in [0, 0.1) is 11.6 Å². The van der Waals surface area contributed by atoms with Gasteiger partial charge in [0.25, 0.3) is 5.91 Å². The second kappa shape index (κ2) is 12.4. The Morgan fingerprint density at radius 2 is 1.85 bits per heavy atom. The zero-order chi connectivity index (χ0) is 29.8. The number of nitrogens with zero attached hydrogens (tertiary/aromatic N) is 3. The van der Waals surface area contributed by atoms with Gasteiger partial charge in [0, 0.05) is 18.2 Å². The third kappa shape index (κ3) is 6.18. The van der Waals surface area contributed by atoms with Crippen molar-refractivity contribution in [3.63, 3.8) is 0 Å². The molecule has 0 bridgehead atoms. The van der Waals surface area contributed by atoms with Crippen molar-refractivity contribution < 1.29 is 37.6 Å². The second-order valence-electron chi connectivity index (χ2n) is 8.86. The highest BCUT2D eigenvalue weighted by Gasteiger charge is 2.23. The van der Waals surface area contributed by atoms with Crippen LogP contribution in [-0.4, -0.2) is 57.4 Å². The molecule has 1 amide bonds. The maximum absolute atomic E-state index is 14.6. The first-order chi connectivity index (χ1) is 19.6. The Balaban J connectivity index is 1.83. The Morgan fingerprint density at radius 3 is 2.51 bits per heavy atom. The molecular formula is C26H26ClF2N5O7. The largest absolute Gasteiger partial charge is 0.496 e. The van der Waals surface area contributed by atoms with E-state index in [-0.39, 0.29) is 62.4 Å². The normalized spacial score (nSPS) is 11.1. The van der Waals surface area contributed by atoms with E-state index in [9.17, 15) is 23.5 Å². The van der Waals surface area contributed by atoms with Gasteiger partial charge >= 0.3 is 5.69 Å². The van der Waals surface area contributed by atoms with E-state index in [1.54, 1.807) is 13.8 Å². The molecule has 0 saturated carbocycles. The first-order valence-corrected chi connectivity index (χ1v) is 12.5. The maximum atomic E-state index is 14.6. The monoisotopic (exact) mass is 593 g/mol. The minimum atomic E-state index is -1.18. The number of halogens is 3. The molecule has 0 radical (unpaired) electrons. The molecule has 2 aromatic heterocycles. The van der Waals surface area contributed by atoms with Gasteiger partial charge in [-0.25, -0.2) is 23.1 Å². The second-order valence-corrected chi connectivity index (χ2v) is 9.27. The average molecular weight is 594 g/mol. The van der Waals surface area contributed by atoms with Gasteiger partial charge in [-0.3, -0.25) is 9.78 Å². The Hall–Kier alpha value is -4.43. The third-order valence-corrected chi connectivity index (χ3v) is 5.99. The number of nitrogens with one attached hydrogen (secondary N) is 2. The predicted octanol–water partition coefficient (Wildman–Crippen LogP) is 3.03. The van der Waals surface area contributed by atoms with Crippen LogP contribution in [0.3, 0.4) is 0 Å². The van der Waals surface area contributed by atoms with Crippen LogP contribution >= 0.6 is 11.6 Å². The number of amides is 1. The van der Waals surface area contributed by atoms with E-state index in [1.165, 1.54) is 32.4 Å². The molecule has 4 aromatic rings. The number of fused-ring (bicyclic) bond motifs is 1. The fraction of sp³-hybridized carbons (Fsp3) is 0.308. The summed E-state index contributed by atoms with van der Waals surface area (Å²) >= 11 is 6.56. The topological polar surface area (TPSA) is 150 Å². The van der Waals surface area contributed by atoms with E-state index in [0.29, 0.717) is 0 Å². The first kappa shape index (κ1) is 29.6. The molecule has 41 heavy (non-hydrogen) atoms. The quantitative estimate of drug-likeness (QED) is 0.238.